The highest BCUT2D eigenvalue weighted by Gasteiger charge is 2.51. The van der Waals surface area contributed by atoms with Crippen LogP contribution in [0.15, 0.2) is 89.4 Å². The Kier molecular flexibility index (Phi) is 7.95. The van der Waals surface area contributed by atoms with Gasteiger partial charge in [-0.3, -0.25) is 19.2 Å². The van der Waals surface area contributed by atoms with Crippen LogP contribution in [0.4, 0.5) is 0 Å². The van der Waals surface area contributed by atoms with Gasteiger partial charge in [0.2, 0.25) is 0 Å². The molecule has 0 aromatic heterocycles. The summed E-state index contributed by atoms with van der Waals surface area (Å²) in [5.41, 5.74) is 0.604. The van der Waals surface area contributed by atoms with Crippen molar-refractivity contribution in [2.24, 2.45) is 11.8 Å². The first-order valence-corrected chi connectivity index (χ1v) is 13.6. The average molecular weight is 622 g/mol. The number of hydrogen-bond donors (Lipinski definition) is 0. The van der Waals surface area contributed by atoms with Crippen LogP contribution in [0.5, 0.6) is 5.75 Å². The van der Waals surface area contributed by atoms with E-state index in [0.717, 1.165) is 14.5 Å². The molecule has 1 fully saturated rings. The van der Waals surface area contributed by atoms with Crippen molar-refractivity contribution in [2.75, 3.05) is 6.54 Å². The Labute approximate surface area is 243 Å². The molecule has 8 nitrogen and oxygen atoms in total. The van der Waals surface area contributed by atoms with Gasteiger partial charge < -0.3 is 4.74 Å². The molecule has 40 heavy (non-hydrogen) atoms. The van der Waals surface area contributed by atoms with Crippen molar-refractivity contribution in [2.45, 2.75) is 12.8 Å². The molecule has 1 aliphatic carbocycles. The molecule has 2 aliphatic rings. The van der Waals surface area contributed by atoms with Gasteiger partial charge in [0.15, 0.2) is 5.78 Å². The van der Waals surface area contributed by atoms with Gasteiger partial charge in [0, 0.05) is 10.0 Å². The summed E-state index contributed by atoms with van der Waals surface area (Å²) >= 11 is 9.57. The van der Waals surface area contributed by atoms with E-state index >= 15 is 0 Å². The van der Waals surface area contributed by atoms with E-state index < -0.39 is 47.9 Å². The lowest BCUT2D eigenvalue weighted by Gasteiger charge is -2.30. The second kappa shape index (κ2) is 11.6. The van der Waals surface area contributed by atoms with Crippen LogP contribution in [0, 0.1) is 11.8 Å². The van der Waals surface area contributed by atoms with Crippen LogP contribution in [-0.2, 0) is 9.59 Å². The van der Waals surface area contributed by atoms with Gasteiger partial charge in [-0.25, -0.2) is 9.80 Å². The second-order valence-electron chi connectivity index (χ2n) is 9.33. The Balaban J connectivity index is 1.37. The van der Waals surface area contributed by atoms with Gasteiger partial charge in [-0.2, -0.15) is 5.01 Å². The molecule has 0 bridgehead atoms. The summed E-state index contributed by atoms with van der Waals surface area (Å²) < 4.78 is 6.20. The van der Waals surface area contributed by atoms with Gasteiger partial charge in [0.05, 0.1) is 28.0 Å². The highest BCUT2D eigenvalue weighted by atomic mass is 79.9. The van der Waals surface area contributed by atoms with Crippen molar-refractivity contribution in [1.82, 2.24) is 10.0 Å². The van der Waals surface area contributed by atoms with Crippen molar-refractivity contribution in [1.29, 1.82) is 0 Å². The topological polar surface area (TPSA) is 101 Å². The summed E-state index contributed by atoms with van der Waals surface area (Å²) in [6.45, 7) is -0.577. The van der Waals surface area contributed by atoms with Gasteiger partial charge >= 0.3 is 5.97 Å². The van der Waals surface area contributed by atoms with Gasteiger partial charge in [0.25, 0.3) is 17.7 Å². The maximum Gasteiger partial charge on any atom is 0.343 e. The predicted octanol–water partition coefficient (Wildman–Crippen LogP) is 5.51. The molecule has 0 spiro atoms. The lowest BCUT2D eigenvalue weighted by Crippen LogP contribution is -2.52. The van der Waals surface area contributed by atoms with Crippen LogP contribution in [0.2, 0.25) is 5.02 Å². The largest absolute Gasteiger partial charge is 0.423 e. The van der Waals surface area contributed by atoms with Crippen LogP contribution < -0.4 is 4.74 Å². The molecular weight excluding hydrogens is 600 g/mol. The summed E-state index contributed by atoms with van der Waals surface area (Å²) in [7, 11) is 0. The number of hydrazine groups is 1. The van der Waals surface area contributed by atoms with Crippen LogP contribution in [0.3, 0.4) is 0 Å². The zero-order valence-electron chi connectivity index (χ0n) is 21.0. The number of rotatable bonds is 7. The number of imide groups is 1. The van der Waals surface area contributed by atoms with Crippen LogP contribution in [0.1, 0.15) is 43.9 Å². The second-order valence-corrected chi connectivity index (χ2v) is 10.7. The van der Waals surface area contributed by atoms with Crippen LogP contribution in [0.25, 0.3) is 0 Å². The first-order valence-electron chi connectivity index (χ1n) is 12.4. The normalized spacial score (nSPS) is 17.9. The molecule has 2 atom stereocenters. The molecule has 0 radical (unpaired) electrons. The molecule has 3 aromatic carbocycles. The number of carbonyl (C=O) groups is 5. The van der Waals surface area contributed by atoms with Crippen LogP contribution >= 0.6 is 27.5 Å². The number of ketones is 1. The van der Waals surface area contributed by atoms with Gasteiger partial charge in [-0.15, -0.1) is 0 Å². The van der Waals surface area contributed by atoms with Crippen molar-refractivity contribution < 1.29 is 28.7 Å². The number of amides is 3. The lowest BCUT2D eigenvalue weighted by atomic mass is 9.85. The average Bonchev–Trinajstić information content (AvgIpc) is 3.21. The van der Waals surface area contributed by atoms with Crippen LogP contribution in [-0.4, -0.2) is 46.0 Å². The third-order valence-electron chi connectivity index (χ3n) is 6.82. The quantitative estimate of drug-likeness (QED) is 0.113. The number of allylic oxidation sites excluding steroid dienone is 2. The van der Waals surface area contributed by atoms with Gasteiger partial charge in [0.1, 0.15) is 12.3 Å². The molecule has 10 heteroatoms. The maximum absolute atomic E-state index is 13.6. The number of carbonyl (C=O) groups excluding carboxylic acids is 5. The number of Topliss-reactive ketones (excluding diaryl/α,β-unsaturated/α-hetero) is 1. The molecule has 1 saturated heterocycles. The van der Waals surface area contributed by atoms with E-state index in [1.807, 2.05) is 12.2 Å². The number of ether oxygens (including phenoxy) is 1. The fourth-order valence-corrected chi connectivity index (χ4v) is 5.20. The number of esters is 1. The van der Waals surface area contributed by atoms with Crippen molar-refractivity contribution >= 4 is 57.0 Å². The Morgan fingerprint density at radius 1 is 0.850 bits per heavy atom. The highest BCUT2D eigenvalue weighted by molar-refractivity contribution is 9.10. The predicted molar refractivity (Wildman–Crippen MR) is 150 cm³/mol. The number of halogens is 2. The SMILES string of the molecule is O=C(CN(C(=O)c1ccccc1Cl)N1C(=O)[C@H]2CC=CC[C@@H]2C1=O)c1ccc(OC(=O)c2ccc(Br)cc2)cc1. The first-order chi connectivity index (χ1) is 19.2. The minimum Gasteiger partial charge on any atom is -0.423 e. The minimum absolute atomic E-state index is 0.0563. The fraction of sp³-hybridized carbons (Fsp3) is 0.167. The maximum atomic E-state index is 13.6. The van der Waals surface area contributed by atoms with Crippen molar-refractivity contribution in [3.05, 3.63) is 111 Å². The fourth-order valence-electron chi connectivity index (χ4n) is 4.72. The summed E-state index contributed by atoms with van der Waals surface area (Å²) in [4.78, 5) is 66.0. The van der Waals surface area contributed by atoms with Gasteiger partial charge in [-0.1, -0.05) is 51.8 Å². The number of benzene rings is 3. The van der Waals surface area contributed by atoms with Crippen molar-refractivity contribution in [3.63, 3.8) is 0 Å². The van der Waals surface area contributed by atoms with E-state index in [4.69, 9.17) is 16.3 Å². The molecule has 202 valence electrons. The van der Waals surface area contributed by atoms with Crippen molar-refractivity contribution in [3.8, 4) is 5.75 Å². The Hall–Kier alpha value is -4.08. The van der Waals surface area contributed by atoms with E-state index in [-0.39, 0.29) is 21.9 Å². The summed E-state index contributed by atoms with van der Waals surface area (Å²) in [6, 6.07) is 18.7. The van der Waals surface area contributed by atoms with Gasteiger partial charge in [-0.05, 0) is 73.5 Å². The molecule has 5 rings (SSSR count). The Morgan fingerprint density at radius 3 is 2.02 bits per heavy atom. The van der Waals surface area contributed by atoms with E-state index in [1.165, 1.54) is 36.4 Å². The molecule has 3 aromatic rings. The third-order valence-corrected chi connectivity index (χ3v) is 7.68. The van der Waals surface area contributed by atoms with E-state index in [1.54, 1.807) is 36.4 Å². The Bertz CT molecular complexity index is 1510. The van der Waals surface area contributed by atoms with E-state index in [2.05, 4.69) is 15.9 Å². The molecule has 3 amide bonds. The smallest absolute Gasteiger partial charge is 0.343 e. The minimum atomic E-state index is -0.743. The molecule has 0 unspecified atom stereocenters. The number of hydrogen-bond acceptors (Lipinski definition) is 6. The summed E-state index contributed by atoms with van der Waals surface area (Å²) in [5.74, 6) is -3.85. The number of fused-ring (bicyclic) bond motifs is 1. The third kappa shape index (κ3) is 5.48. The molecule has 0 saturated carbocycles. The zero-order valence-corrected chi connectivity index (χ0v) is 23.3. The Morgan fingerprint density at radius 2 is 1.43 bits per heavy atom. The summed E-state index contributed by atoms with van der Waals surface area (Å²) in [6.07, 6.45) is 4.45. The molecular formula is C30H22BrClN2O6. The summed E-state index contributed by atoms with van der Waals surface area (Å²) in [5, 5.41) is 1.81. The standard InChI is InChI=1S/C30H22BrClN2O6/c31-20-13-9-19(10-14-20)30(39)40-21-15-11-18(12-16-21)26(35)17-33(27(36)24-7-3-4-8-25(24)32)34-28(37)22-5-1-2-6-23(22)29(34)38/h1-4,7-16,22-23H,5-6,17H2/t22-,23-/m0/s1. The zero-order chi connectivity index (χ0) is 28.4. The lowest BCUT2D eigenvalue weighted by molar-refractivity contribution is -0.154. The number of nitrogens with zero attached hydrogens (tertiary/aromatic N) is 2. The highest BCUT2D eigenvalue weighted by Crippen LogP contribution is 2.36. The van der Waals surface area contributed by atoms with E-state index in [9.17, 15) is 24.0 Å². The molecule has 1 aliphatic heterocycles. The molecule has 0 N–H and O–H groups in total. The monoisotopic (exact) mass is 620 g/mol. The first kappa shape index (κ1) is 27.5. The van der Waals surface area contributed by atoms with E-state index in [0.29, 0.717) is 18.4 Å². The molecule has 1 heterocycles.